The number of pyridine rings is 1. The van der Waals surface area contributed by atoms with Crippen molar-refractivity contribution >= 4 is 35.6 Å². The van der Waals surface area contributed by atoms with Crippen LogP contribution in [0.25, 0.3) is 5.65 Å². The average Bonchev–Trinajstić information content (AvgIpc) is 3.08. The molecule has 1 fully saturated rings. The molecular weight excluding hydrogens is 465 g/mol. The SMILES string of the molecule is C=C(C)CN1CCC(NC(=NC)NCCCc2nnc3ccccn23)CC1.I. The first-order valence-electron chi connectivity index (χ1n) is 9.78. The molecule has 0 unspecified atom stereocenters. The average molecular weight is 497 g/mol. The lowest BCUT2D eigenvalue weighted by molar-refractivity contribution is 0.221. The maximum absolute atomic E-state index is 4.37. The summed E-state index contributed by atoms with van der Waals surface area (Å²) in [6.45, 7) is 10.2. The van der Waals surface area contributed by atoms with Crippen LogP contribution in [0.1, 0.15) is 32.0 Å². The van der Waals surface area contributed by atoms with Crippen LogP contribution >= 0.6 is 24.0 Å². The van der Waals surface area contributed by atoms with E-state index in [1.807, 2.05) is 35.8 Å². The van der Waals surface area contributed by atoms with Crippen molar-refractivity contribution < 1.29 is 0 Å². The monoisotopic (exact) mass is 497 g/mol. The van der Waals surface area contributed by atoms with Gasteiger partial charge in [0.25, 0.3) is 0 Å². The number of fused-ring (bicyclic) bond motifs is 1. The van der Waals surface area contributed by atoms with Crippen molar-refractivity contribution in [2.45, 2.75) is 38.6 Å². The fourth-order valence-corrected chi connectivity index (χ4v) is 3.52. The Labute approximate surface area is 184 Å². The zero-order valence-corrected chi connectivity index (χ0v) is 19.2. The van der Waals surface area contributed by atoms with Crippen molar-refractivity contribution in [1.82, 2.24) is 30.1 Å². The molecule has 1 aliphatic heterocycles. The molecule has 7 nitrogen and oxygen atoms in total. The summed E-state index contributed by atoms with van der Waals surface area (Å²) in [5.41, 5.74) is 2.13. The molecule has 0 amide bonds. The van der Waals surface area contributed by atoms with E-state index < -0.39 is 0 Å². The van der Waals surface area contributed by atoms with E-state index in [0.717, 1.165) is 69.3 Å². The van der Waals surface area contributed by atoms with Gasteiger partial charge in [-0.3, -0.25) is 14.3 Å². The first-order chi connectivity index (χ1) is 13.2. The predicted molar refractivity (Wildman–Crippen MR) is 125 cm³/mol. The maximum Gasteiger partial charge on any atom is 0.191 e. The number of likely N-dealkylation sites (tertiary alicyclic amines) is 1. The summed E-state index contributed by atoms with van der Waals surface area (Å²) in [6, 6.07) is 6.44. The van der Waals surface area contributed by atoms with Gasteiger partial charge in [-0.15, -0.1) is 34.2 Å². The van der Waals surface area contributed by atoms with Gasteiger partial charge in [0.05, 0.1) is 0 Å². The van der Waals surface area contributed by atoms with E-state index in [9.17, 15) is 0 Å². The highest BCUT2D eigenvalue weighted by molar-refractivity contribution is 14.0. The van der Waals surface area contributed by atoms with Crippen LogP contribution in [-0.4, -0.2) is 64.7 Å². The second-order valence-corrected chi connectivity index (χ2v) is 7.30. The van der Waals surface area contributed by atoms with Gasteiger partial charge in [-0.2, -0.15) is 0 Å². The van der Waals surface area contributed by atoms with E-state index in [-0.39, 0.29) is 24.0 Å². The van der Waals surface area contributed by atoms with Gasteiger partial charge in [0, 0.05) is 51.9 Å². The predicted octanol–water partition coefficient (Wildman–Crippen LogP) is 2.49. The Bertz CT molecular complexity index is 778. The number of hydrogen-bond acceptors (Lipinski definition) is 4. The number of guanidine groups is 1. The smallest absolute Gasteiger partial charge is 0.191 e. The van der Waals surface area contributed by atoms with E-state index in [1.165, 1.54) is 5.57 Å². The van der Waals surface area contributed by atoms with Gasteiger partial charge in [-0.1, -0.05) is 18.2 Å². The highest BCUT2D eigenvalue weighted by atomic mass is 127. The van der Waals surface area contributed by atoms with E-state index in [0.29, 0.717) is 6.04 Å². The Morgan fingerprint density at radius 1 is 1.29 bits per heavy atom. The molecule has 0 saturated carbocycles. The maximum atomic E-state index is 4.37. The van der Waals surface area contributed by atoms with E-state index in [2.05, 4.69) is 44.2 Å². The summed E-state index contributed by atoms with van der Waals surface area (Å²) in [5, 5.41) is 15.5. The van der Waals surface area contributed by atoms with Gasteiger partial charge in [0.15, 0.2) is 11.6 Å². The highest BCUT2D eigenvalue weighted by Gasteiger charge is 2.19. The third-order valence-electron chi connectivity index (χ3n) is 4.90. The molecule has 1 saturated heterocycles. The number of piperidine rings is 1. The van der Waals surface area contributed by atoms with Crippen LogP contribution in [0.5, 0.6) is 0 Å². The molecule has 0 aliphatic carbocycles. The minimum atomic E-state index is 0. The molecule has 1 aliphatic rings. The third kappa shape index (κ3) is 6.44. The Morgan fingerprint density at radius 3 is 2.79 bits per heavy atom. The standard InChI is InChI=1S/C20H31N7.HI/c1-16(2)15-26-13-9-17(10-14-26)23-20(21-3)22-11-6-8-19-25-24-18-7-4-5-12-27(18)19;/h4-5,7,12,17H,1,6,8-11,13-15H2,2-3H3,(H2,21,22,23);1H. The summed E-state index contributed by atoms with van der Waals surface area (Å²) in [4.78, 5) is 6.84. The number of nitrogens with one attached hydrogen (secondary N) is 2. The molecule has 2 aromatic heterocycles. The Balaban J connectivity index is 0.00000280. The number of halogens is 1. The Hall–Kier alpha value is -1.68. The van der Waals surface area contributed by atoms with Gasteiger partial charge >= 0.3 is 0 Å². The second-order valence-electron chi connectivity index (χ2n) is 7.30. The third-order valence-corrected chi connectivity index (χ3v) is 4.90. The molecule has 2 aromatic rings. The van der Waals surface area contributed by atoms with Crippen molar-refractivity contribution in [2.75, 3.05) is 33.2 Å². The molecule has 28 heavy (non-hydrogen) atoms. The zero-order chi connectivity index (χ0) is 19.1. The van der Waals surface area contributed by atoms with Gasteiger partial charge in [0.1, 0.15) is 5.82 Å². The zero-order valence-electron chi connectivity index (χ0n) is 16.9. The van der Waals surface area contributed by atoms with Gasteiger partial charge in [0.2, 0.25) is 0 Å². The lowest BCUT2D eigenvalue weighted by atomic mass is 10.0. The van der Waals surface area contributed by atoms with Crippen molar-refractivity contribution in [3.63, 3.8) is 0 Å². The van der Waals surface area contributed by atoms with Crippen molar-refractivity contribution in [3.05, 3.63) is 42.4 Å². The molecule has 0 bridgehead atoms. The van der Waals surface area contributed by atoms with Crippen LogP contribution in [0, 0.1) is 0 Å². The number of aliphatic imine (C=N–C) groups is 1. The molecule has 0 aromatic carbocycles. The summed E-state index contributed by atoms with van der Waals surface area (Å²) >= 11 is 0. The lowest BCUT2D eigenvalue weighted by Crippen LogP contribution is -2.49. The van der Waals surface area contributed by atoms with E-state index >= 15 is 0 Å². The number of rotatable bonds is 7. The number of hydrogen-bond donors (Lipinski definition) is 2. The number of aromatic nitrogens is 3. The van der Waals surface area contributed by atoms with Crippen molar-refractivity contribution in [3.8, 4) is 0 Å². The largest absolute Gasteiger partial charge is 0.356 e. The summed E-state index contributed by atoms with van der Waals surface area (Å²) < 4.78 is 2.05. The van der Waals surface area contributed by atoms with E-state index in [1.54, 1.807) is 0 Å². The first kappa shape index (κ1) is 22.6. The minimum absolute atomic E-state index is 0. The second kappa shape index (κ2) is 11.4. The van der Waals surface area contributed by atoms with Gasteiger partial charge < -0.3 is 10.6 Å². The molecule has 2 N–H and O–H groups in total. The Morgan fingerprint density at radius 2 is 2.07 bits per heavy atom. The molecule has 3 rings (SSSR count). The van der Waals surface area contributed by atoms with Crippen LogP contribution in [0.3, 0.4) is 0 Å². The fourth-order valence-electron chi connectivity index (χ4n) is 3.52. The van der Waals surface area contributed by atoms with Crippen molar-refractivity contribution in [2.24, 2.45) is 4.99 Å². The quantitative estimate of drug-likeness (QED) is 0.202. The summed E-state index contributed by atoms with van der Waals surface area (Å²) in [5.74, 6) is 1.89. The Kier molecular flexibility index (Phi) is 9.17. The van der Waals surface area contributed by atoms with Crippen LogP contribution < -0.4 is 10.6 Å². The molecule has 0 atom stereocenters. The normalized spacial score (nSPS) is 16.0. The minimum Gasteiger partial charge on any atom is -0.356 e. The molecular formula is C20H32IN7. The molecule has 154 valence electrons. The molecule has 0 radical (unpaired) electrons. The van der Waals surface area contributed by atoms with Crippen LogP contribution in [0.4, 0.5) is 0 Å². The topological polar surface area (TPSA) is 69.8 Å². The first-order valence-corrected chi connectivity index (χ1v) is 9.78. The number of aryl methyl sites for hydroxylation is 1. The summed E-state index contributed by atoms with van der Waals surface area (Å²) in [6.07, 6.45) is 6.15. The number of nitrogens with zero attached hydrogens (tertiary/aromatic N) is 5. The molecule has 0 spiro atoms. The molecule has 3 heterocycles. The highest BCUT2D eigenvalue weighted by Crippen LogP contribution is 2.11. The van der Waals surface area contributed by atoms with Crippen LogP contribution in [0.2, 0.25) is 0 Å². The molecule has 8 heteroatoms. The van der Waals surface area contributed by atoms with Crippen molar-refractivity contribution in [1.29, 1.82) is 0 Å². The van der Waals surface area contributed by atoms with Crippen LogP contribution in [0.15, 0.2) is 41.5 Å². The summed E-state index contributed by atoms with van der Waals surface area (Å²) in [7, 11) is 1.83. The lowest BCUT2D eigenvalue weighted by Gasteiger charge is -2.33. The fraction of sp³-hybridized carbons (Fsp3) is 0.550. The van der Waals surface area contributed by atoms with E-state index in [4.69, 9.17) is 0 Å². The van der Waals surface area contributed by atoms with Crippen LogP contribution in [-0.2, 0) is 6.42 Å². The van der Waals surface area contributed by atoms with Gasteiger partial charge in [-0.05, 0) is 38.3 Å². The van der Waals surface area contributed by atoms with Gasteiger partial charge in [-0.25, -0.2) is 0 Å².